The first-order valence-corrected chi connectivity index (χ1v) is 17.5. The van der Waals surface area contributed by atoms with Crippen molar-refractivity contribution in [3.05, 3.63) is 34.6 Å². The summed E-state index contributed by atoms with van der Waals surface area (Å²) in [6.07, 6.45) is 6.02. The third-order valence-electron chi connectivity index (χ3n) is 2.64. The van der Waals surface area contributed by atoms with Crippen LogP contribution in [0.15, 0.2) is 23.9 Å². The van der Waals surface area contributed by atoms with Crippen molar-refractivity contribution in [2.75, 3.05) is 19.6 Å². The van der Waals surface area contributed by atoms with E-state index < -0.39 is 23.8 Å². The van der Waals surface area contributed by atoms with E-state index in [-0.39, 0.29) is 5.92 Å². The van der Waals surface area contributed by atoms with Gasteiger partial charge in [0.2, 0.25) is 0 Å². The summed E-state index contributed by atoms with van der Waals surface area (Å²) in [7, 11) is 20.0. The Kier molecular flexibility index (Phi) is 12.4. The molecule has 2 aliphatic heterocycles. The molecule has 2 rings (SSSR count). The molecule has 2 aliphatic rings. The van der Waals surface area contributed by atoms with Crippen molar-refractivity contribution in [2.24, 2.45) is 5.92 Å². The minimum absolute atomic E-state index is 0.123. The number of carbonyl (C=O) groups is 2. The van der Waals surface area contributed by atoms with Crippen LogP contribution in [0.25, 0.3) is 10.6 Å². The summed E-state index contributed by atoms with van der Waals surface area (Å²) < 4.78 is 0. The summed E-state index contributed by atoms with van der Waals surface area (Å²) in [6.45, 7) is 1.95. The van der Waals surface area contributed by atoms with Crippen molar-refractivity contribution in [3.8, 4) is 0 Å². The first-order chi connectivity index (χ1) is 10.6. The van der Waals surface area contributed by atoms with Crippen molar-refractivity contribution in [2.45, 2.75) is 12.8 Å². The number of carboxylic acids is 2. The first-order valence-electron chi connectivity index (χ1n) is 6.21. The quantitative estimate of drug-likeness (QED) is 0.495. The topological polar surface area (TPSA) is 103 Å². The number of hydrogen-bond acceptors (Lipinski definition) is 2. The summed E-state index contributed by atoms with van der Waals surface area (Å²) in [5.41, 5.74) is 0.324. The molecule has 0 saturated carbocycles. The van der Waals surface area contributed by atoms with Crippen LogP contribution in [0.3, 0.4) is 0 Å². The fourth-order valence-corrected chi connectivity index (χ4v) is 1.57. The predicted molar refractivity (Wildman–Crippen MR) is 89.9 cm³/mol. The zero-order valence-electron chi connectivity index (χ0n) is 11.8. The van der Waals surface area contributed by atoms with Gasteiger partial charge in [-0.05, 0) is 0 Å². The number of halogens is 4. The van der Waals surface area contributed by atoms with E-state index in [0.717, 1.165) is 25.9 Å². The zero-order chi connectivity index (χ0) is 17.9. The van der Waals surface area contributed by atoms with Gasteiger partial charge in [0.25, 0.3) is 0 Å². The maximum atomic E-state index is 10.3. The summed E-state index contributed by atoms with van der Waals surface area (Å²) in [5, 5.41) is 24.7. The van der Waals surface area contributed by atoms with Gasteiger partial charge in [-0.2, -0.15) is 6.20 Å². The number of piperidine rings is 1. The molecule has 6 nitrogen and oxygen atoms in total. The van der Waals surface area contributed by atoms with E-state index in [4.69, 9.17) is 47.9 Å². The number of carboxylic acid groups (broad SMARTS) is 2. The zero-order valence-corrected chi connectivity index (χ0v) is 17.1. The van der Waals surface area contributed by atoms with Crippen LogP contribution in [0.2, 0.25) is 0 Å². The van der Waals surface area contributed by atoms with Gasteiger partial charge in [-0.15, -0.1) is 19.6 Å². The molecule has 11 heteroatoms. The van der Waals surface area contributed by atoms with Gasteiger partial charge in [0, 0.05) is 0 Å². The Morgan fingerprint density at radius 3 is 1.91 bits per heavy atom. The summed E-state index contributed by atoms with van der Waals surface area (Å²) >= 11 is -3.06. The molecule has 0 aromatic heterocycles. The van der Waals surface area contributed by atoms with Crippen LogP contribution >= 0.6 is 37.7 Å². The van der Waals surface area contributed by atoms with E-state index in [1.807, 2.05) is 0 Å². The van der Waals surface area contributed by atoms with Crippen LogP contribution < -0.4 is 0 Å². The van der Waals surface area contributed by atoms with Crippen LogP contribution in [0, 0.1) is 5.92 Å². The van der Waals surface area contributed by atoms with E-state index in [2.05, 4.69) is 10.6 Å². The van der Waals surface area contributed by atoms with E-state index in [0.29, 0.717) is 12.1 Å². The maximum absolute atomic E-state index is 10.3. The Bertz CT molecular complexity index is 443. The molecule has 0 aliphatic carbocycles. The molecule has 1 fully saturated rings. The third-order valence-corrected chi connectivity index (χ3v) is 2.64. The van der Waals surface area contributed by atoms with Crippen LogP contribution in [-0.2, 0) is 21.5 Å². The molecule has 2 N–H and O–H groups in total. The molecule has 0 bridgehead atoms. The SMILES string of the molecule is O=C(O)C1=CC[N-]C=C1.O=C(O)C1CC[N-]CC1.[Cl][Pt+2]([Cl])([Cl])[Cl]. The molecule has 0 spiro atoms. The average Bonchev–Trinajstić information content (AvgIpc) is 2.48. The Labute approximate surface area is 153 Å². The molecular formula is C12H16Cl4N2O4Pt. The fraction of sp³-hybridized carbons (Fsp3) is 0.500. The molecule has 2 heterocycles. The Hall–Kier alpha value is 0.0283. The van der Waals surface area contributed by atoms with Gasteiger partial charge in [-0.25, -0.2) is 4.79 Å². The van der Waals surface area contributed by atoms with Crippen LogP contribution in [0.5, 0.6) is 0 Å². The summed E-state index contributed by atoms with van der Waals surface area (Å²) in [5.74, 6) is -1.67. The van der Waals surface area contributed by atoms with Crippen molar-refractivity contribution in [1.82, 2.24) is 0 Å². The monoisotopic (exact) mass is 587 g/mol. The molecule has 136 valence electrons. The molecule has 0 atom stereocenters. The minimum atomic E-state index is -3.06. The summed E-state index contributed by atoms with van der Waals surface area (Å²) in [4.78, 5) is 20.5. The molecule has 0 aromatic carbocycles. The van der Waals surface area contributed by atoms with Gasteiger partial charge < -0.3 is 20.8 Å². The van der Waals surface area contributed by atoms with Gasteiger partial charge in [-0.3, -0.25) is 4.79 Å². The van der Waals surface area contributed by atoms with E-state index in [9.17, 15) is 9.59 Å². The number of aliphatic carboxylic acids is 2. The van der Waals surface area contributed by atoms with Crippen LogP contribution in [0.4, 0.5) is 0 Å². The van der Waals surface area contributed by atoms with Gasteiger partial charge in [0.15, 0.2) is 0 Å². The van der Waals surface area contributed by atoms with Gasteiger partial charge in [-0.1, -0.05) is 25.0 Å². The number of rotatable bonds is 2. The first kappa shape index (κ1) is 23.0. The third kappa shape index (κ3) is 15.3. The average molecular weight is 589 g/mol. The van der Waals surface area contributed by atoms with Crippen molar-refractivity contribution >= 4 is 49.6 Å². The van der Waals surface area contributed by atoms with Gasteiger partial charge >= 0.3 is 61.5 Å². The molecule has 23 heavy (non-hydrogen) atoms. The van der Waals surface area contributed by atoms with Crippen LogP contribution in [0.1, 0.15) is 12.8 Å². The van der Waals surface area contributed by atoms with Gasteiger partial charge in [0.05, 0.1) is 11.5 Å². The standard InChI is InChI=1S/C6H10NO2.C6H6NO2.4ClH.Pt/c2*8-6(9)5-1-3-7-4-2-5;;;;;/h5H,1-4H2,(H,8,9);1-3H,4H2,(H,8,9);4*1H;/q2*-1;;;;;+6/p-4. The molecule has 0 unspecified atom stereocenters. The normalized spacial score (nSPS) is 18.2. The number of nitrogens with zero attached hydrogens (tertiary/aromatic N) is 2. The Morgan fingerprint density at radius 2 is 1.65 bits per heavy atom. The van der Waals surface area contributed by atoms with Crippen molar-refractivity contribution < 1.29 is 31.7 Å². The number of hydrogen-bond donors (Lipinski definition) is 2. The fourth-order valence-electron chi connectivity index (χ4n) is 1.57. The van der Waals surface area contributed by atoms with E-state index in [1.165, 1.54) is 12.3 Å². The summed E-state index contributed by atoms with van der Waals surface area (Å²) in [6, 6.07) is 0. The van der Waals surface area contributed by atoms with Crippen LogP contribution in [-0.4, -0.2) is 41.8 Å². The second-order valence-electron chi connectivity index (χ2n) is 4.20. The second kappa shape index (κ2) is 12.4. The Balaban J connectivity index is 0.000000332. The van der Waals surface area contributed by atoms with E-state index >= 15 is 0 Å². The molecular weight excluding hydrogens is 573 g/mol. The van der Waals surface area contributed by atoms with E-state index in [1.54, 1.807) is 6.08 Å². The van der Waals surface area contributed by atoms with Crippen molar-refractivity contribution in [1.29, 1.82) is 0 Å². The predicted octanol–water partition coefficient (Wildman–Crippen LogP) is 4.51. The van der Waals surface area contributed by atoms with Gasteiger partial charge in [0.1, 0.15) is 0 Å². The molecule has 0 radical (unpaired) electrons. The molecule has 0 amide bonds. The van der Waals surface area contributed by atoms with Crippen molar-refractivity contribution in [3.63, 3.8) is 0 Å². The second-order valence-corrected chi connectivity index (χ2v) is 23.9. The molecule has 1 saturated heterocycles. The molecule has 0 aromatic rings. The Morgan fingerprint density at radius 1 is 1.13 bits per heavy atom.